The lowest BCUT2D eigenvalue weighted by molar-refractivity contribution is -0.182. The van der Waals surface area contributed by atoms with E-state index in [0.717, 1.165) is 0 Å². The van der Waals surface area contributed by atoms with Gasteiger partial charge in [-0.3, -0.25) is 0 Å². The number of rotatable bonds is 2. The monoisotopic (exact) mass is 295 g/mol. The van der Waals surface area contributed by atoms with Crippen LogP contribution in [-0.4, -0.2) is 12.2 Å². The summed E-state index contributed by atoms with van der Waals surface area (Å²) in [7, 11) is 0. The number of halogens is 5. The van der Waals surface area contributed by atoms with Crippen LogP contribution in [0.25, 0.3) is 0 Å². The highest BCUT2D eigenvalue weighted by Gasteiger charge is 2.41. The van der Waals surface area contributed by atoms with Crippen LogP contribution in [0.2, 0.25) is 5.02 Å². The molecule has 1 fully saturated rings. The SMILES string of the molecule is Fc1cc(NC2CCC(C(F)(F)F)CC2)ccc1Cl. The topological polar surface area (TPSA) is 12.0 Å². The zero-order valence-electron chi connectivity index (χ0n) is 10.1. The zero-order chi connectivity index (χ0) is 14.0. The van der Waals surface area contributed by atoms with Crippen LogP contribution in [0.5, 0.6) is 0 Å². The largest absolute Gasteiger partial charge is 0.391 e. The molecule has 0 bridgehead atoms. The lowest BCUT2D eigenvalue weighted by Gasteiger charge is -2.30. The van der Waals surface area contributed by atoms with Gasteiger partial charge in [-0.15, -0.1) is 0 Å². The first-order chi connectivity index (χ1) is 8.86. The molecule has 0 saturated heterocycles. The van der Waals surface area contributed by atoms with Gasteiger partial charge < -0.3 is 5.32 Å². The van der Waals surface area contributed by atoms with Crippen molar-refractivity contribution in [2.45, 2.75) is 37.9 Å². The van der Waals surface area contributed by atoms with Gasteiger partial charge in [0.05, 0.1) is 10.9 Å². The molecule has 0 unspecified atom stereocenters. The summed E-state index contributed by atoms with van der Waals surface area (Å²) in [5.74, 6) is -1.73. The quantitative estimate of drug-likeness (QED) is 0.756. The van der Waals surface area contributed by atoms with Gasteiger partial charge in [-0.25, -0.2) is 4.39 Å². The fourth-order valence-electron chi connectivity index (χ4n) is 2.39. The van der Waals surface area contributed by atoms with E-state index in [1.807, 2.05) is 0 Å². The van der Waals surface area contributed by atoms with Crippen molar-refractivity contribution in [3.63, 3.8) is 0 Å². The second kappa shape index (κ2) is 5.57. The number of nitrogens with one attached hydrogen (secondary N) is 1. The Hall–Kier alpha value is -0.970. The molecule has 1 aromatic rings. The molecule has 0 radical (unpaired) electrons. The molecule has 0 spiro atoms. The van der Waals surface area contributed by atoms with Crippen LogP contribution in [0.1, 0.15) is 25.7 Å². The molecule has 1 aromatic carbocycles. The molecule has 0 aliphatic heterocycles. The second-order valence-corrected chi connectivity index (χ2v) is 5.27. The van der Waals surface area contributed by atoms with Crippen molar-refractivity contribution in [3.05, 3.63) is 29.0 Å². The van der Waals surface area contributed by atoms with Gasteiger partial charge >= 0.3 is 6.18 Å². The number of alkyl halides is 3. The van der Waals surface area contributed by atoms with Crippen molar-refractivity contribution in [2.75, 3.05) is 5.32 Å². The third kappa shape index (κ3) is 3.75. The van der Waals surface area contributed by atoms with Gasteiger partial charge in [-0.2, -0.15) is 13.2 Å². The Morgan fingerprint density at radius 1 is 1.11 bits per heavy atom. The molecule has 19 heavy (non-hydrogen) atoms. The summed E-state index contributed by atoms with van der Waals surface area (Å²) in [4.78, 5) is 0. The van der Waals surface area contributed by atoms with Crippen LogP contribution in [-0.2, 0) is 0 Å². The Labute approximate surface area is 113 Å². The van der Waals surface area contributed by atoms with E-state index in [9.17, 15) is 17.6 Å². The minimum Gasteiger partial charge on any atom is -0.382 e. The average Bonchev–Trinajstić information content (AvgIpc) is 2.33. The predicted octanol–water partition coefficient (Wildman–Crippen LogP) is 5.01. The van der Waals surface area contributed by atoms with Crippen LogP contribution in [0.15, 0.2) is 18.2 Å². The number of hydrogen-bond donors (Lipinski definition) is 1. The second-order valence-electron chi connectivity index (χ2n) is 4.86. The van der Waals surface area contributed by atoms with E-state index in [1.54, 1.807) is 6.07 Å². The highest BCUT2D eigenvalue weighted by Crippen LogP contribution is 2.38. The fourth-order valence-corrected chi connectivity index (χ4v) is 2.50. The molecule has 0 heterocycles. The van der Waals surface area contributed by atoms with Crippen LogP contribution >= 0.6 is 11.6 Å². The number of anilines is 1. The molecule has 1 saturated carbocycles. The summed E-state index contributed by atoms with van der Waals surface area (Å²) in [6.07, 6.45) is -2.98. The smallest absolute Gasteiger partial charge is 0.382 e. The highest BCUT2D eigenvalue weighted by molar-refractivity contribution is 6.30. The first-order valence-corrected chi connectivity index (χ1v) is 6.52. The Kier molecular flexibility index (Phi) is 4.23. The Morgan fingerprint density at radius 2 is 1.74 bits per heavy atom. The molecular formula is C13H14ClF4N. The Bertz CT molecular complexity index is 439. The summed E-state index contributed by atoms with van der Waals surface area (Å²) < 4.78 is 50.8. The van der Waals surface area contributed by atoms with Gasteiger partial charge in [0.25, 0.3) is 0 Å². The van der Waals surface area contributed by atoms with Crippen LogP contribution < -0.4 is 5.32 Å². The van der Waals surface area contributed by atoms with E-state index in [0.29, 0.717) is 18.5 Å². The molecule has 0 atom stereocenters. The van der Waals surface area contributed by atoms with E-state index in [4.69, 9.17) is 11.6 Å². The normalized spacial score (nSPS) is 24.3. The average molecular weight is 296 g/mol. The minimum atomic E-state index is -4.10. The molecule has 0 amide bonds. The maximum atomic E-state index is 13.2. The Balaban J connectivity index is 1.90. The standard InChI is InChI=1S/C13H14ClF4N/c14-11-6-5-10(7-12(11)15)19-9-3-1-8(2-4-9)13(16,17)18/h5-9,19H,1-4H2. The summed E-state index contributed by atoms with van der Waals surface area (Å²) >= 11 is 5.56. The van der Waals surface area contributed by atoms with Gasteiger partial charge in [-0.1, -0.05) is 11.6 Å². The molecule has 106 valence electrons. The van der Waals surface area contributed by atoms with Crippen molar-refractivity contribution < 1.29 is 17.6 Å². The van der Waals surface area contributed by atoms with Crippen molar-refractivity contribution in [2.24, 2.45) is 5.92 Å². The van der Waals surface area contributed by atoms with E-state index in [2.05, 4.69) is 5.32 Å². The van der Waals surface area contributed by atoms with Crippen LogP contribution in [0.3, 0.4) is 0 Å². The summed E-state index contributed by atoms with van der Waals surface area (Å²) in [5, 5.41) is 3.09. The van der Waals surface area contributed by atoms with Crippen LogP contribution in [0, 0.1) is 11.7 Å². The van der Waals surface area contributed by atoms with Gasteiger partial charge in [0.15, 0.2) is 0 Å². The highest BCUT2D eigenvalue weighted by atomic mass is 35.5. The van der Waals surface area contributed by atoms with Gasteiger partial charge in [0, 0.05) is 11.7 Å². The van der Waals surface area contributed by atoms with E-state index < -0.39 is 17.9 Å². The number of hydrogen-bond acceptors (Lipinski definition) is 1. The summed E-state index contributed by atoms with van der Waals surface area (Å²) in [6.45, 7) is 0. The lowest BCUT2D eigenvalue weighted by atomic mass is 9.85. The first kappa shape index (κ1) is 14.4. The first-order valence-electron chi connectivity index (χ1n) is 6.14. The lowest BCUT2D eigenvalue weighted by Crippen LogP contribution is -2.32. The fraction of sp³-hybridized carbons (Fsp3) is 0.538. The molecule has 1 nitrogen and oxygen atoms in total. The molecule has 2 rings (SSSR count). The van der Waals surface area contributed by atoms with Crippen molar-refractivity contribution in [3.8, 4) is 0 Å². The van der Waals surface area contributed by atoms with E-state index in [-0.39, 0.29) is 23.9 Å². The molecular weight excluding hydrogens is 282 g/mol. The van der Waals surface area contributed by atoms with E-state index >= 15 is 0 Å². The maximum Gasteiger partial charge on any atom is 0.391 e. The van der Waals surface area contributed by atoms with Gasteiger partial charge in [0.2, 0.25) is 0 Å². The maximum absolute atomic E-state index is 13.2. The van der Waals surface area contributed by atoms with Gasteiger partial charge in [-0.05, 0) is 43.9 Å². The summed E-state index contributed by atoms with van der Waals surface area (Å²) in [6, 6.07) is 4.28. The zero-order valence-corrected chi connectivity index (χ0v) is 10.9. The molecule has 1 N–H and O–H groups in total. The predicted molar refractivity (Wildman–Crippen MR) is 66.8 cm³/mol. The van der Waals surface area contributed by atoms with Crippen molar-refractivity contribution in [1.29, 1.82) is 0 Å². The van der Waals surface area contributed by atoms with Crippen molar-refractivity contribution in [1.82, 2.24) is 0 Å². The third-order valence-electron chi connectivity index (χ3n) is 3.48. The van der Waals surface area contributed by atoms with Crippen LogP contribution in [0.4, 0.5) is 23.2 Å². The van der Waals surface area contributed by atoms with Gasteiger partial charge in [0.1, 0.15) is 5.82 Å². The molecule has 0 aromatic heterocycles. The molecule has 1 aliphatic rings. The van der Waals surface area contributed by atoms with Crippen molar-refractivity contribution >= 4 is 17.3 Å². The Morgan fingerprint density at radius 3 is 2.26 bits per heavy atom. The third-order valence-corrected chi connectivity index (χ3v) is 3.79. The number of benzene rings is 1. The molecule has 6 heteroatoms. The van der Waals surface area contributed by atoms with E-state index in [1.165, 1.54) is 12.1 Å². The summed E-state index contributed by atoms with van der Waals surface area (Å²) in [5.41, 5.74) is 0.553. The minimum absolute atomic E-state index is 0.0336. The molecule has 1 aliphatic carbocycles.